The number of carbonyl (C=O) groups is 1. The first kappa shape index (κ1) is 21.3. The van der Waals surface area contributed by atoms with Gasteiger partial charge in [-0.15, -0.1) is 16.4 Å². The van der Waals surface area contributed by atoms with Gasteiger partial charge >= 0.3 is 0 Å². The molecule has 31 heavy (non-hydrogen) atoms. The van der Waals surface area contributed by atoms with Gasteiger partial charge in [-0.05, 0) is 41.3 Å². The summed E-state index contributed by atoms with van der Waals surface area (Å²) in [6.45, 7) is 5.78. The minimum absolute atomic E-state index is 0.0646. The highest BCUT2D eigenvalue weighted by molar-refractivity contribution is 7.99. The number of tetrazole rings is 1. The van der Waals surface area contributed by atoms with Crippen molar-refractivity contribution < 1.29 is 4.79 Å². The summed E-state index contributed by atoms with van der Waals surface area (Å²) in [5.74, 6) is 0.187. The monoisotopic (exact) mass is 453 g/mol. The summed E-state index contributed by atoms with van der Waals surface area (Å²) in [6.07, 6.45) is 0. The Morgan fingerprint density at radius 2 is 1.94 bits per heavy atom. The zero-order valence-corrected chi connectivity index (χ0v) is 19.0. The highest BCUT2D eigenvalue weighted by Crippen LogP contribution is 2.18. The van der Waals surface area contributed by atoms with Gasteiger partial charge in [-0.25, -0.2) is 4.68 Å². The average molecular weight is 454 g/mol. The van der Waals surface area contributed by atoms with E-state index in [1.807, 2.05) is 54.2 Å². The van der Waals surface area contributed by atoms with E-state index in [0.29, 0.717) is 24.8 Å². The number of carbonyl (C=O) groups excluding carboxylic acids is 1. The van der Waals surface area contributed by atoms with Crippen LogP contribution in [0.5, 0.6) is 0 Å². The molecule has 4 rings (SSSR count). The first-order chi connectivity index (χ1) is 15.1. The van der Waals surface area contributed by atoms with E-state index >= 15 is 0 Å². The first-order valence-electron chi connectivity index (χ1n) is 9.85. The number of hydrogen-bond acceptors (Lipinski definition) is 7. The average Bonchev–Trinajstić information content (AvgIpc) is 3.49. The lowest BCUT2D eigenvalue weighted by Crippen LogP contribution is -2.25. The van der Waals surface area contributed by atoms with Gasteiger partial charge in [-0.1, -0.05) is 48.2 Å². The number of aryl methyl sites for hydroxylation is 1. The van der Waals surface area contributed by atoms with Gasteiger partial charge < -0.3 is 5.32 Å². The fraction of sp³-hybridized carbons (Fsp3) is 0.286. The fourth-order valence-electron chi connectivity index (χ4n) is 3.22. The Morgan fingerprint density at radius 3 is 2.71 bits per heavy atom. The van der Waals surface area contributed by atoms with Gasteiger partial charge in [0.15, 0.2) is 0 Å². The van der Waals surface area contributed by atoms with Crippen LogP contribution in [-0.4, -0.2) is 41.6 Å². The molecular formula is C21H23N7OS2. The van der Waals surface area contributed by atoms with Crippen LogP contribution in [-0.2, 0) is 24.4 Å². The molecule has 3 aromatic heterocycles. The second kappa shape index (κ2) is 9.88. The van der Waals surface area contributed by atoms with Crippen LogP contribution in [0.4, 0.5) is 0 Å². The minimum atomic E-state index is -0.0646. The van der Waals surface area contributed by atoms with Crippen molar-refractivity contribution in [3.8, 4) is 0 Å². The maximum absolute atomic E-state index is 12.4. The number of nitrogens with one attached hydrogen (secondary N) is 1. The van der Waals surface area contributed by atoms with E-state index in [4.69, 9.17) is 0 Å². The lowest BCUT2D eigenvalue weighted by Gasteiger charge is -2.07. The standard InChI is InChI=1S/C21H23N7OS2/c1-15-19(16(2)27(24-15)12-17-7-4-3-5-8-17)11-22-20(29)14-31-21-23-25-26-28(21)13-18-9-6-10-30-18/h3-10H,11-14H2,1-2H3,(H,22,29). The van der Waals surface area contributed by atoms with Crippen molar-refractivity contribution in [2.75, 3.05) is 5.75 Å². The predicted octanol–water partition coefficient (Wildman–Crippen LogP) is 3.05. The van der Waals surface area contributed by atoms with E-state index in [-0.39, 0.29) is 11.7 Å². The molecule has 0 aliphatic rings. The lowest BCUT2D eigenvalue weighted by molar-refractivity contribution is -0.118. The SMILES string of the molecule is Cc1nn(Cc2ccccc2)c(C)c1CNC(=O)CSc1nnnn1Cc1cccs1. The van der Waals surface area contributed by atoms with Crippen molar-refractivity contribution >= 4 is 29.0 Å². The second-order valence-corrected chi connectivity index (χ2v) is 9.03. The zero-order valence-electron chi connectivity index (χ0n) is 17.4. The van der Waals surface area contributed by atoms with Crippen LogP contribution >= 0.6 is 23.1 Å². The number of thiophene rings is 1. The summed E-state index contributed by atoms with van der Waals surface area (Å²) in [7, 11) is 0. The molecule has 0 saturated carbocycles. The van der Waals surface area contributed by atoms with Crippen molar-refractivity contribution in [1.82, 2.24) is 35.3 Å². The molecule has 1 amide bonds. The number of benzene rings is 1. The summed E-state index contributed by atoms with van der Waals surface area (Å²) in [5.41, 5.74) is 4.24. The summed E-state index contributed by atoms with van der Waals surface area (Å²) in [5, 5.41) is 22.1. The van der Waals surface area contributed by atoms with Crippen LogP contribution in [0.2, 0.25) is 0 Å². The Hall–Kier alpha value is -2.98. The summed E-state index contributed by atoms with van der Waals surface area (Å²) in [6, 6.07) is 14.3. The number of rotatable bonds is 9. The van der Waals surface area contributed by atoms with Gasteiger partial charge in [0.1, 0.15) is 0 Å². The number of hydrogen-bond donors (Lipinski definition) is 1. The lowest BCUT2D eigenvalue weighted by atomic mass is 10.2. The van der Waals surface area contributed by atoms with Crippen molar-refractivity contribution in [3.05, 3.63) is 75.2 Å². The van der Waals surface area contributed by atoms with Crippen molar-refractivity contribution in [3.63, 3.8) is 0 Å². The number of thioether (sulfide) groups is 1. The molecule has 10 heteroatoms. The van der Waals surface area contributed by atoms with Gasteiger partial charge in [0.25, 0.3) is 0 Å². The topological polar surface area (TPSA) is 90.5 Å². The summed E-state index contributed by atoms with van der Waals surface area (Å²) < 4.78 is 3.70. The molecule has 0 bridgehead atoms. The van der Waals surface area contributed by atoms with Gasteiger partial charge in [0.05, 0.1) is 24.5 Å². The highest BCUT2D eigenvalue weighted by atomic mass is 32.2. The number of nitrogens with zero attached hydrogens (tertiary/aromatic N) is 6. The van der Waals surface area contributed by atoms with Crippen LogP contribution in [0.15, 0.2) is 53.0 Å². The minimum Gasteiger partial charge on any atom is -0.351 e. The molecule has 160 valence electrons. The Balaban J connectivity index is 1.31. The van der Waals surface area contributed by atoms with E-state index in [0.717, 1.165) is 21.8 Å². The fourth-order valence-corrected chi connectivity index (χ4v) is 4.61. The molecule has 0 spiro atoms. The first-order valence-corrected chi connectivity index (χ1v) is 11.7. The largest absolute Gasteiger partial charge is 0.351 e. The zero-order chi connectivity index (χ0) is 21.6. The van der Waals surface area contributed by atoms with Gasteiger partial charge in [0.2, 0.25) is 11.1 Å². The van der Waals surface area contributed by atoms with E-state index in [9.17, 15) is 4.79 Å². The molecule has 1 N–H and O–H groups in total. The van der Waals surface area contributed by atoms with E-state index < -0.39 is 0 Å². The second-order valence-electron chi connectivity index (χ2n) is 7.06. The van der Waals surface area contributed by atoms with Crippen LogP contribution < -0.4 is 5.32 Å². The summed E-state index contributed by atoms with van der Waals surface area (Å²) in [4.78, 5) is 13.6. The van der Waals surface area contributed by atoms with Crippen molar-refractivity contribution in [2.45, 2.75) is 38.6 Å². The molecule has 0 fully saturated rings. The number of aromatic nitrogens is 6. The smallest absolute Gasteiger partial charge is 0.230 e. The molecule has 0 saturated heterocycles. The van der Waals surface area contributed by atoms with Gasteiger partial charge in [-0.3, -0.25) is 9.48 Å². The van der Waals surface area contributed by atoms with Crippen LogP contribution in [0.1, 0.15) is 27.4 Å². The molecule has 0 unspecified atom stereocenters. The van der Waals surface area contributed by atoms with Crippen LogP contribution in [0, 0.1) is 13.8 Å². The van der Waals surface area contributed by atoms with Crippen LogP contribution in [0.3, 0.4) is 0 Å². The molecule has 4 aromatic rings. The third-order valence-electron chi connectivity index (χ3n) is 4.89. The predicted molar refractivity (Wildman–Crippen MR) is 121 cm³/mol. The van der Waals surface area contributed by atoms with E-state index in [1.54, 1.807) is 16.0 Å². The van der Waals surface area contributed by atoms with Gasteiger partial charge in [0, 0.05) is 22.7 Å². The Kier molecular flexibility index (Phi) is 6.78. The third-order valence-corrected chi connectivity index (χ3v) is 6.70. The Morgan fingerprint density at radius 1 is 1.10 bits per heavy atom. The molecular weight excluding hydrogens is 430 g/mol. The molecule has 0 aliphatic heterocycles. The van der Waals surface area contributed by atoms with Crippen molar-refractivity contribution in [1.29, 1.82) is 0 Å². The maximum Gasteiger partial charge on any atom is 0.230 e. The number of amides is 1. The quantitative estimate of drug-likeness (QED) is 0.392. The molecule has 0 aliphatic carbocycles. The molecule has 3 heterocycles. The molecule has 0 radical (unpaired) electrons. The van der Waals surface area contributed by atoms with E-state index in [1.165, 1.54) is 17.3 Å². The third kappa shape index (κ3) is 5.39. The normalized spacial score (nSPS) is 11.0. The maximum atomic E-state index is 12.4. The molecule has 0 atom stereocenters. The Labute approximate surface area is 188 Å². The van der Waals surface area contributed by atoms with Crippen molar-refractivity contribution in [2.24, 2.45) is 0 Å². The van der Waals surface area contributed by atoms with Crippen LogP contribution in [0.25, 0.3) is 0 Å². The highest BCUT2D eigenvalue weighted by Gasteiger charge is 2.14. The van der Waals surface area contributed by atoms with E-state index in [2.05, 4.69) is 38.1 Å². The Bertz CT molecular complexity index is 1140. The van der Waals surface area contributed by atoms with Gasteiger partial charge in [-0.2, -0.15) is 5.10 Å². The molecule has 8 nitrogen and oxygen atoms in total. The summed E-state index contributed by atoms with van der Waals surface area (Å²) >= 11 is 2.98. The molecule has 1 aromatic carbocycles.